The van der Waals surface area contributed by atoms with E-state index >= 15 is 0 Å². The lowest BCUT2D eigenvalue weighted by Crippen LogP contribution is -2.46. The molecule has 1 unspecified atom stereocenters. The van der Waals surface area contributed by atoms with E-state index in [9.17, 15) is 9.90 Å². The van der Waals surface area contributed by atoms with Gasteiger partial charge in [-0.1, -0.05) is 13.8 Å². The predicted molar refractivity (Wildman–Crippen MR) is 79.7 cm³/mol. The number of hydrogen-bond acceptors (Lipinski definition) is 3. The van der Waals surface area contributed by atoms with E-state index in [1.54, 1.807) is 0 Å². The summed E-state index contributed by atoms with van der Waals surface area (Å²) in [6.45, 7) is 9.70. The van der Waals surface area contributed by atoms with Crippen molar-refractivity contribution >= 4 is 6.03 Å². The van der Waals surface area contributed by atoms with Gasteiger partial charge in [0.25, 0.3) is 0 Å². The Morgan fingerprint density at radius 3 is 2.55 bits per heavy atom. The number of rotatable bonds is 7. The zero-order valence-corrected chi connectivity index (χ0v) is 13.1. The smallest absolute Gasteiger partial charge is 0.317 e. The van der Waals surface area contributed by atoms with Gasteiger partial charge < -0.3 is 20.1 Å². The zero-order valence-electron chi connectivity index (χ0n) is 13.1. The maximum atomic E-state index is 11.9. The van der Waals surface area contributed by atoms with Crippen molar-refractivity contribution in [2.24, 2.45) is 11.8 Å². The van der Waals surface area contributed by atoms with E-state index in [0.29, 0.717) is 25.0 Å². The van der Waals surface area contributed by atoms with Crippen LogP contribution in [0.5, 0.6) is 0 Å². The molecule has 5 heteroatoms. The minimum Gasteiger partial charge on any atom is -0.393 e. The minimum absolute atomic E-state index is 0.0119. The van der Waals surface area contributed by atoms with Crippen LogP contribution in [0.2, 0.25) is 0 Å². The Morgan fingerprint density at radius 2 is 2.00 bits per heavy atom. The fourth-order valence-electron chi connectivity index (χ4n) is 2.39. The van der Waals surface area contributed by atoms with Crippen molar-refractivity contribution in [3.05, 3.63) is 0 Å². The second-order valence-corrected chi connectivity index (χ2v) is 6.12. The van der Waals surface area contributed by atoms with Crippen LogP contribution in [0.25, 0.3) is 0 Å². The molecule has 1 fully saturated rings. The molecule has 0 saturated carbocycles. The molecule has 1 rings (SSSR count). The van der Waals surface area contributed by atoms with E-state index in [-0.39, 0.29) is 12.1 Å². The molecule has 0 aromatic heterocycles. The maximum Gasteiger partial charge on any atom is 0.317 e. The fraction of sp³-hybridized carbons (Fsp3) is 0.933. The van der Waals surface area contributed by atoms with Gasteiger partial charge in [-0.15, -0.1) is 0 Å². The quantitative estimate of drug-likeness (QED) is 0.702. The standard InChI is InChI=1S/C15H30N2O3/c1-12(2)11-20-10-4-7-16-15(19)17-8-5-14(6-9-17)13(3)18/h12-14,18H,4-11H2,1-3H3,(H,16,19). The van der Waals surface area contributed by atoms with Crippen LogP contribution in [-0.2, 0) is 4.74 Å². The highest BCUT2D eigenvalue weighted by atomic mass is 16.5. The maximum absolute atomic E-state index is 11.9. The van der Waals surface area contributed by atoms with E-state index in [1.165, 1.54) is 0 Å². The highest BCUT2D eigenvalue weighted by Crippen LogP contribution is 2.20. The summed E-state index contributed by atoms with van der Waals surface area (Å²) in [5, 5.41) is 12.5. The van der Waals surface area contributed by atoms with Crippen molar-refractivity contribution in [3.63, 3.8) is 0 Å². The van der Waals surface area contributed by atoms with Gasteiger partial charge >= 0.3 is 6.03 Å². The van der Waals surface area contributed by atoms with Gasteiger partial charge in [0.1, 0.15) is 0 Å². The lowest BCUT2D eigenvalue weighted by atomic mass is 9.92. The van der Waals surface area contributed by atoms with E-state index in [0.717, 1.165) is 39.0 Å². The first-order chi connectivity index (χ1) is 9.50. The number of carbonyl (C=O) groups excluding carboxylic acids is 1. The van der Waals surface area contributed by atoms with Crippen molar-refractivity contribution in [3.8, 4) is 0 Å². The molecular weight excluding hydrogens is 256 g/mol. The molecule has 0 radical (unpaired) electrons. The Labute approximate surface area is 122 Å². The Balaban J connectivity index is 2.06. The molecule has 1 aliphatic heterocycles. The van der Waals surface area contributed by atoms with Gasteiger partial charge in [-0.05, 0) is 38.0 Å². The number of nitrogens with zero attached hydrogens (tertiary/aromatic N) is 1. The average molecular weight is 286 g/mol. The molecule has 0 aliphatic carbocycles. The van der Waals surface area contributed by atoms with Gasteiger partial charge in [0, 0.05) is 32.8 Å². The highest BCUT2D eigenvalue weighted by Gasteiger charge is 2.24. The molecular formula is C15H30N2O3. The van der Waals surface area contributed by atoms with Crippen LogP contribution < -0.4 is 5.32 Å². The Morgan fingerprint density at radius 1 is 1.35 bits per heavy atom. The number of piperidine rings is 1. The van der Waals surface area contributed by atoms with E-state index in [2.05, 4.69) is 19.2 Å². The van der Waals surface area contributed by atoms with Crippen molar-refractivity contribution in [2.45, 2.75) is 46.1 Å². The molecule has 0 spiro atoms. The number of amides is 2. The molecule has 2 amide bonds. The van der Waals surface area contributed by atoms with Gasteiger partial charge in [0.15, 0.2) is 0 Å². The number of aliphatic hydroxyl groups is 1. The SMILES string of the molecule is CC(C)COCCCNC(=O)N1CCC(C(C)O)CC1. The zero-order chi connectivity index (χ0) is 15.0. The summed E-state index contributed by atoms with van der Waals surface area (Å²) < 4.78 is 5.47. The molecule has 1 saturated heterocycles. The van der Waals surface area contributed by atoms with Gasteiger partial charge in [0.05, 0.1) is 6.10 Å². The molecule has 0 bridgehead atoms. The number of aliphatic hydroxyl groups excluding tert-OH is 1. The summed E-state index contributed by atoms with van der Waals surface area (Å²) in [4.78, 5) is 13.8. The van der Waals surface area contributed by atoms with E-state index in [1.807, 2.05) is 11.8 Å². The third kappa shape index (κ3) is 6.57. The molecule has 5 nitrogen and oxygen atoms in total. The van der Waals surface area contributed by atoms with Crippen molar-refractivity contribution < 1.29 is 14.6 Å². The summed E-state index contributed by atoms with van der Waals surface area (Å²) in [7, 11) is 0. The van der Waals surface area contributed by atoms with Gasteiger partial charge in [0.2, 0.25) is 0 Å². The van der Waals surface area contributed by atoms with E-state index in [4.69, 9.17) is 4.74 Å². The van der Waals surface area contributed by atoms with E-state index < -0.39 is 0 Å². The van der Waals surface area contributed by atoms with Crippen LogP contribution >= 0.6 is 0 Å². The predicted octanol–water partition coefficient (Wildman–Crippen LogP) is 1.85. The van der Waals surface area contributed by atoms with Crippen molar-refractivity contribution in [1.29, 1.82) is 0 Å². The lowest BCUT2D eigenvalue weighted by molar-refractivity contribution is 0.0793. The molecule has 1 heterocycles. The number of likely N-dealkylation sites (tertiary alicyclic amines) is 1. The summed E-state index contributed by atoms with van der Waals surface area (Å²) in [6.07, 6.45) is 2.37. The third-order valence-electron chi connectivity index (χ3n) is 3.70. The van der Waals surface area contributed by atoms with Crippen LogP contribution in [0.3, 0.4) is 0 Å². The second kappa shape index (κ2) is 9.19. The lowest BCUT2D eigenvalue weighted by Gasteiger charge is -2.33. The first-order valence-corrected chi connectivity index (χ1v) is 7.79. The molecule has 1 atom stereocenters. The number of nitrogens with one attached hydrogen (secondary N) is 1. The number of ether oxygens (including phenoxy) is 1. The minimum atomic E-state index is -0.265. The number of urea groups is 1. The third-order valence-corrected chi connectivity index (χ3v) is 3.70. The Hall–Kier alpha value is -0.810. The first kappa shape index (κ1) is 17.2. The van der Waals surface area contributed by atoms with Crippen LogP contribution in [0.1, 0.15) is 40.0 Å². The van der Waals surface area contributed by atoms with Crippen LogP contribution in [0, 0.1) is 11.8 Å². The largest absolute Gasteiger partial charge is 0.393 e. The molecule has 2 N–H and O–H groups in total. The fourth-order valence-corrected chi connectivity index (χ4v) is 2.39. The van der Waals surface area contributed by atoms with Gasteiger partial charge in [-0.25, -0.2) is 4.79 Å². The second-order valence-electron chi connectivity index (χ2n) is 6.12. The van der Waals surface area contributed by atoms with Crippen molar-refractivity contribution in [1.82, 2.24) is 10.2 Å². The molecule has 20 heavy (non-hydrogen) atoms. The first-order valence-electron chi connectivity index (χ1n) is 7.79. The monoisotopic (exact) mass is 286 g/mol. The highest BCUT2D eigenvalue weighted by molar-refractivity contribution is 5.74. The van der Waals surface area contributed by atoms with Crippen molar-refractivity contribution in [2.75, 3.05) is 32.8 Å². The molecule has 0 aromatic rings. The molecule has 118 valence electrons. The summed E-state index contributed by atoms with van der Waals surface area (Å²) in [5.74, 6) is 0.892. The van der Waals surface area contributed by atoms with Crippen LogP contribution in [-0.4, -0.2) is 55.0 Å². The van der Waals surface area contributed by atoms with Gasteiger partial charge in [-0.3, -0.25) is 0 Å². The Kier molecular flexibility index (Phi) is 7.92. The average Bonchev–Trinajstić information content (AvgIpc) is 2.42. The summed E-state index contributed by atoms with van der Waals surface area (Å²) in [6, 6.07) is 0.0119. The van der Waals surface area contributed by atoms with Crippen LogP contribution in [0.4, 0.5) is 4.79 Å². The molecule has 0 aromatic carbocycles. The van der Waals surface area contributed by atoms with Gasteiger partial charge in [-0.2, -0.15) is 0 Å². The summed E-state index contributed by atoms with van der Waals surface area (Å²) >= 11 is 0. The topological polar surface area (TPSA) is 61.8 Å². The Bertz CT molecular complexity index is 274. The number of hydrogen-bond donors (Lipinski definition) is 2. The number of carbonyl (C=O) groups is 1. The normalized spacial score (nSPS) is 18.4. The summed E-state index contributed by atoms with van der Waals surface area (Å²) in [5.41, 5.74) is 0. The van der Waals surface area contributed by atoms with Crippen LogP contribution in [0.15, 0.2) is 0 Å². The molecule has 1 aliphatic rings.